The Morgan fingerprint density at radius 3 is 2.64 bits per heavy atom. The molecule has 3 nitrogen and oxygen atoms in total. The van der Waals surface area contributed by atoms with E-state index < -0.39 is 46.3 Å². The molecule has 0 heterocycles. The molecule has 4 aliphatic carbocycles. The maximum atomic E-state index is 15.5. The lowest BCUT2D eigenvalue weighted by molar-refractivity contribution is -0.137. The molecule has 0 aliphatic heterocycles. The lowest BCUT2D eigenvalue weighted by Gasteiger charge is -2.71. The molecular weight excluding hydrogens is 353 g/mol. The third-order valence-electron chi connectivity index (χ3n) is 8.72. The molecule has 0 amide bonds. The third kappa shape index (κ3) is 2.11. The quantitative estimate of drug-likeness (QED) is 0.725. The second-order valence-corrected chi connectivity index (χ2v) is 9.82. The van der Waals surface area contributed by atoms with Crippen molar-refractivity contribution in [3.05, 3.63) is 36.0 Å². The van der Waals surface area contributed by atoms with Crippen LogP contribution in [0.2, 0.25) is 10.6 Å². The van der Waals surface area contributed by atoms with Crippen LogP contribution in [0.1, 0.15) is 39.5 Å². The molecule has 4 aliphatic rings. The van der Waals surface area contributed by atoms with Crippen LogP contribution in [-0.2, 0) is 4.79 Å². The van der Waals surface area contributed by atoms with Gasteiger partial charge in [-0.15, -0.1) is 0 Å². The Hall–Kier alpha value is -1.13. The predicted molar refractivity (Wildman–Crippen MR) is 108 cm³/mol. The zero-order chi connectivity index (χ0) is 20.7. The minimum Gasteiger partial charge on any atom is -0.393 e. The molecule has 3 saturated carbocycles. The van der Waals surface area contributed by atoms with E-state index in [1.165, 1.54) is 0 Å². The van der Waals surface area contributed by atoms with Crippen LogP contribution in [0.25, 0.3) is 0 Å². The fraction of sp³-hybridized carbons (Fsp3) is 0.682. The summed E-state index contributed by atoms with van der Waals surface area (Å²) >= 11 is 0. The van der Waals surface area contributed by atoms with Crippen LogP contribution in [0.15, 0.2) is 36.0 Å². The molecule has 0 saturated heterocycles. The van der Waals surface area contributed by atoms with Gasteiger partial charge in [-0.05, 0) is 53.5 Å². The van der Waals surface area contributed by atoms with Crippen molar-refractivity contribution < 1.29 is 19.4 Å². The highest BCUT2D eigenvalue weighted by Gasteiger charge is 2.73. The molecule has 0 aromatic carbocycles. The summed E-state index contributed by atoms with van der Waals surface area (Å²) in [5, 5.41) is 18.4. The van der Waals surface area contributed by atoms with Crippen LogP contribution >= 0.6 is 0 Å². The zero-order valence-electron chi connectivity index (χ0n) is 16.6. The molecule has 0 aromatic rings. The van der Waals surface area contributed by atoms with Crippen LogP contribution in [0.4, 0.5) is 4.39 Å². The van der Waals surface area contributed by atoms with E-state index in [1.54, 1.807) is 6.08 Å². The largest absolute Gasteiger partial charge is 0.393 e. The van der Waals surface area contributed by atoms with Gasteiger partial charge in [-0.2, -0.15) is 0 Å². The van der Waals surface area contributed by atoms with Gasteiger partial charge < -0.3 is 10.2 Å². The van der Waals surface area contributed by atoms with Crippen LogP contribution in [-0.4, -0.2) is 50.6 Å². The van der Waals surface area contributed by atoms with Crippen molar-refractivity contribution in [1.29, 1.82) is 0 Å². The van der Waals surface area contributed by atoms with Crippen molar-refractivity contribution in [2.75, 3.05) is 6.61 Å². The number of halogens is 1. The lowest BCUT2D eigenvalue weighted by Crippen LogP contribution is -2.65. The molecule has 2 N–H and O–H groups in total. The standard InChI is InChI=1S/C22H27B2FO3/c1-12-6-7-20(3)14(8-12)15(25)9-21(23)17-5-4-13(16(27)11-26)19(17,2)10-18(28)22(20,21)24/h6-8,13,15,17-18,26,28H,1,4-5,9-11H2,2-3H3/t13?,15-,17?,18?,19?,20?,21?,22-/m0/s1. The molecule has 4 rings (SSSR count). The van der Waals surface area contributed by atoms with Crippen molar-refractivity contribution in [1.82, 2.24) is 0 Å². The van der Waals surface area contributed by atoms with Gasteiger partial charge in [0.25, 0.3) is 0 Å². The summed E-state index contributed by atoms with van der Waals surface area (Å²) in [7, 11) is 14.0. The number of fused-ring (bicyclic) bond motifs is 5. The molecule has 0 aromatic heterocycles. The highest BCUT2D eigenvalue weighted by molar-refractivity contribution is 6.28. The lowest BCUT2D eigenvalue weighted by atomic mass is 9.23. The SMILES string of the molecule is [B]C12C[C@H](F)C3=CC(=C)C=CC3(C)[C@@]1([B])C(O)CC1(C)C(C(=O)CO)CCC12. The third-order valence-corrected chi connectivity index (χ3v) is 8.72. The Kier molecular flexibility index (Phi) is 4.28. The van der Waals surface area contributed by atoms with Crippen molar-refractivity contribution in [2.45, 2.75) is 62.4 Å². The Bertz CT molecular complexity index is 810. The maximum absolute atomic E-state index is 15.5. The number of ketones is 1. The highest BCUT2D eigenvalue weighted by Crippen LogP contribution is 2.81. The number of rotatable bonds is 2. The van der Waals surface area contributed by atoms with Gasteiger partial charge in [0.05, 0.1) is 21.8 Å². The van der Waals surface area contributed by atoms with Gasteiger partial charge in [0.1, 0.15) is 12.8 Å². The van der Waals surface area contributed by atoms with Gasteiger partial charge in [0, 0.05) is 11.3 Å². The topological polar surface area (TPSA) is 57.5 Å². The number of carbonyl (C=O) groups is 1. The van der Waals surface area contributed by atoms with Crippen molar-refractivity contribution in [3.8, 4) is 0 Å². The van der Waals surface area contributed by atoms with E-state index in [2.05, 4.69) is 6.58 Å². The van der Waals surface area contributed by atoms with E-state index in [-0.39, 0.29) is 18.1 Å². The van der Waals surface area contributed by atoms with Crippen LogP contribution in [0.5, 0.6) is 0 Å². The number of carbonyl (C=O) groups excluding carboxylic acids is 1. The number of hydrogen-bond acceptors (Lipinski definition) is 3. The van der Waals surface area contributed by atoms with E-state index >= 15 is 4.39 Å². The Morgan fingerprint density at radius 1 is 1.32 bits per heavy atom. The van der Waals surface area contributed by atoms with E-state index in [9.17, 15) is 15.0 Å². The number of alkyl halides is 1. The van der Waals surface area contributed by atoms with Crippen molar-refractivity contribution in [2.24, 2.45) is 22.7 Å². The van der Waals surface area contributed by atoms with Gasteiger partial charge in [-0.1, -0.05) is 44.0 Å². The van der Waals surface area contributed by atoms with Gasteiger partial charge in [0.2, 0.25) is 0 Å². The van der Waals surface area contributed by atoms with E-state index in [4.69, 9.17) is 15.7 Å². The summed E-state index contributed by atoms with van der Waals surface area (Å²) in [4.78, 5) is 12.4. The molecule has 28 heavy (non-hydrogen) atoms. The summed E-state index contributed by atoms with van der Waals surface area (Å²) < 4.78 is 15.5. The van der Waals surface area contributed by atoms with Gasteiger partial charge in [-0.3, -0.25) is 4.79 Å². The molecule has 0 bridgehead atoms. The Labute approximate surface area is 169 Å². The first-order chi connectivity index (χ1) is 13.0. The minimum atomic E-state index is -1.30. The monoisotopic (exact) mass is 380 g/mol. The predicted octanol–water partition coefficient (Wildman–Crippen LogP) is 2.80. The second-order valence-electron chi connectivity index (χ2n) is 9.82. The first-order valence-corrected chi connectivity index (χ1v) is 10.1. The second kappa shape index (κ2) is 5.95. The van der Waals surface area contributed by atoms with Crippen LogP contribution in [0.3, 0.4) is 0 Å². The molecule has 4 radical (unpaired) electrons. The zero-order valence-corrected chi connectivity index (χ0v) is 16.6. The van der Waals surface area contributed by atoms with E-state index in [0.29, 0.717) is 30.4 Å². The summed E-state index contributed by atoms with van der Waals surface area (Å²) in [5.74, 6) is -0.853. The van der Waals surface area contributed by atoms with Crippen molar-refractivity contribution >= 4 is 21.5 Å². The van der Waals surface area contributed by atoms with Gasteiger partial charge >= 0.3 is 0 Å². The van der Waals surface area contributed by atoms with E-state index in [0.717, 1.165) is 0 Å². The normalized spacial score (nSPS) is 52.5. The Balaban J connectivity index is 1.88. The maximum Gasteiger partial charge on any atom is 0.161 e. The summed E-state index contributed by atoms with van der Waals surface area (Å²) in [6.07, 6.45) is 4.59. The average molecular weight is 380 g/mol. The fourth-order valence-electron chi connectivity index (χ4n) is 7.29. The summed E-state index contributed by atoms with van der Waals surface area (Å²) in [5.41, 5.74) is -0.337. The highest BCUT2D eigenvalue weighted by atomic mass is 19.1. The molecule has 8 atom stereocenters. The number of aliphatic hydroxyl groups is 2. The molecule has 3 fully saturated rings. The van der Waals surface area contributed by atoms with E-state index in [1.807, 2.05) is 26.0 Å². The molecule has 6 unspecified atom stereocenters. The molecule has 6 heteroatoms. The fourth-order valence-corrected chi connectivity index (χ4v) is 7.29. The smallest absolute Gasteiger partial charge is 0.161 e. The number of allylic oxidation sites excluding steroid dienone is 5. The average Bonchev–Trinajstić information content (AvgIpc) is 2.97. The number of aliphatic hydroxyl groups excluding tert-OH is 2. The summed E-state index contributed by atoms with van der Waals surface area (Å²) in [6, 6.07) is 0. The first kappa shape index (κ1) is 20.2. The molecular formula is C22H27B2FO3. The molecule has 146 valence electrons. The van der Waals surface area contributed by atoms with Gasteiger partial charge in [0.15, 0.2) is 5.78 Å². The van der Waals surface area contributed by atoms with Crippen molar-refractivity contribution in [3.63, 3.8) is 0 Å². The number of Topliss-reactive ketones (excluding diaryl/α,β-unsaturated/α-hetero) is 1. The van der Waals surface area contributed by atoms with Gasteiger partial charge in [-0.25, -0.2) is 4.39 Å². The number of hydrogen-bond donors (Lipinski definition) is 2. The Morgan fingerprint density at radius 2 is 2.00 bits per heavy atom. The first-order valence-electron chi connectivity index (χ1n) is 10.1. The molecule has 0 spiro atoms. The van der Waals surface area contributed by atoms with Crippen LogP contribution < -0.4 is 0 Å². The summed E-state index contributed by atoms with van der Waals surface area (Å²) in [6.45, 7) is 7.18. The minimum absolute atomic E-state index is 0.00337. The van der Waals surface area contributed by atoms with Crippen LogP contribution in [0, 0.1) is 22.7 Å².